The Morgan fingerprint density at radius 1 is 1.20 bits per heavy atom. The van der Waals surface area contributed by atoms with Gasteiger partial charge >= 0.3 is 5.97 Å². The third kappa shape index (κ3) is 5.74. The van der Waals surface area contributed by atoms with E-state index >= 15 is 0 Å². The molecule has 0 heterocycles. The molecular formula is C17H27NO2. The van der Waals surface area contributed by atoms with Crippen molar-refractivity contribution in [3.63, 3.8) is 0 Å². The van der Waals surface area contributed by atoms with Gasteiger partial charge in [-0.05, 0) is 31.7 Å². The van der Waals surface area contributed by atoms with Crippen LogP contribution in [0.25, 0.3) is 0 Å². The Balaban J connectivity index is 2.71. The molecule has 0 spiro atoms. The number of nitrogens with one attached hydrogen (secondary N) is 1. The summed E-state index contributed by atoms with van der Waals surface area (Å²) in [5, 5.41) is 3.46. The van der Waals surface area contributed by atoms with Gasteiger partial charge in [0, 0.05) is 6.04 Å². The SMILES string of the molecule is CCCC(CC)NC(Cc1ccccc1)C(=O)OCC. The fourth-order valence-corrected chi connectivity index (χ4v) is 2.34. The second kappa shape index (κ2) is 9.54. The third-order valence-electron chi connectivity index (χ3n) is 3.42. The van der Waals surface area contributed by atoms with Crippen molar-refractivity contribution in [1.29, 1.82) is 0 Å². The van der Waals surface area contributed by atoms with E-state index in [1.807, 2.05) is 25.1 Å². The Bertz CT molecular complexity index is 378. The molecule has 112 valence electrons. The van der Waals surface area contributed by atoms with Gasteiger partial charge in [-0.25, -0.2) is 0 Å². The molecule has 3 nitrogen and oxygen atoms in total. The molecule has 0 saturated carbocycles. The Labute approximate surface area is 122 Å². The molecule has 0 aliphatic carbocycles. The quantitative estimate of drug-likeness (QED) is 0.704. The first-order chi connectivity index (χ1) is 9.71. The van der Waals surface area contributed by atoms with Crippen molar-refractivity contribution in [1.82, 2.24) is 5.32 Å². The van der Waals surface area contributed by atoms with Crippen LogP contribution >= 0.6 is 0 Å². The van der Waals surface area contributed by atoms with E-state index in [0.717, 1.165) is 24.8 Å². The smallest absolute Gasteiger partial charge is 0.323 e. The summed E-state index contributed by atoms with van der Waals surface area (Å²) in [6, 6.07) is 10.2. The molecule has 0 aliphatic heterocycles. The minimum absolute atomic E-state index is 0.147. The average molecular weight is 277 g/mol. The lowest BCUT2D eigenvalue weighted by atomic mass is 10.0. The number of hydrogen-bond donors (Lipinski definition) is 1. The lowest BCUT2D eigenvalue weighted by molar-refractivity contribution is -0.145. The number of carbonyl (C=O) groups excluding carboxylic acids is 1. The molecule has 0 aromatic heterocycles. The van der Waals surface area contributed by atoms with Gasteiger partial charge in [0.2, 0.25) is 0 Å². The highest BCUT2D eigenvalue weighted by Crippen LogP contribution is 2.09. The molecule has 2 atom stereocenters. The highest BCUT2D eigenvalue weighted by molar-refractivity contribution is 5.76. The van der Waals surface area contributed by atoms with Crippen LogP contribution < -0.4 is 5.32 Å². The predicted octanol–water partition coefficient (Wildman–Crippen LogP) is 3.33. The van der Waals surface area contributed by atoms with E-state index in [0.29, 0.717) is 19.1 Å². The zero-order valence-electron chi connectivity index (χ0n) is 12.9. The van der Waals surface area contributed by atoms with Crippen molar-refractivity contribution in [3.8, 4) is 0 Å². The minimum Gasteiger partial charge on any atom is -0.465 e. The van der Waals surface area contributed by atoms with Gasteiger partial charge < -0.3 is 10.1 Å². The lowest BCUT2D eigenvalue weighted by Crippen LogP contribution is -2.45. The van der Waals surface area contributed by atoms with E-state index in [-0.39, 0.29) is 12.0 Å². The van der Waals surface area contributed by atoms with Crippen molar-refractivity contribution in [2.75, 3.05) is 6.61 Å². The topological polar surface area (TPSA) is 38.3 Å². The van der Waals surface area contributed by atoms with Gasteiger partial charge in [-0.2, -0.15) is 0 Å². The molecule has 0 saturated heterocycles. The summed E-state index contributed by atoms with van der Waals surface area (Å²) in [5.74, 6) is -0.147. The van der Waals surface area contributed by atoms with E-state index in [1.54, 1.807) is 0 Å². The first kappa shape index (κ1) is 16.7. The number of ether oxygens (including phenoxy) is 1. The summed E-state index contributed by atoms with van der Waals surface area (Å²) in [7, 11) is 0. The van der Waals surface area contributed by atoms with Crippen LogP contribution in [0.1, 0.15) is 45.6 Å². The molecule has 1 aromatic rings. The minimum atomic E-state index is -0.256. The lowest BCUT2D eigenvalue weighted by Gasteiger charge is -2.23. The summed E-state index contributed by atoms with van der Waals surface area (Å²) in [5.41, 5.74) is 1.16. The van der Waals surface area contributed by atoms with Gasteiger partial charge in [-0.3, -0.25) is 4.79 Å². The molecular weight excluding hydrogens is 250 g/mol. The second-order valence-corrected chi connectivity index (χ2v) is 5.05. The highest BCUT2D eigenvalue weighted by atomic mass is 16.5. The van der Waals surface area contributed by atoms with E-state index < -0.39 is 0 Å². The van der Waals surface area contributed by atoms with E-state index in [4.69, 9.17) is 4.74 Å². The van der Waals surface area contributed by atoms with Gasteiger partial charge in [0.15, 0.2) is 0 Å². The van der Waals surface area contributed by atoms with Crippen LogP contribution in [0, 0.1) is 0 Å². The largest absolute Gasteiger partial charge is 0.465 e. The van der Waals surface area contributed by atoms with E-state index in [1.165, 1.54) is 0 Å². The maximum Gasteiger partial charge on any atom is 0.323 e. The number of benzene rings is 1. The number of esters is 1. The Morgan fingerprint density at radius 3 is 2.45 bits per heavy atom. The Morgan fingerprint density at radius 2 is 1.90 bits per heavy atom. The zero-order chi connectivity index (χ0) is 14.8. The Hall–Kier alpha value is -1.35. The monoisotopic (exact) mass is 277 g/mol. The molecule has 20 heavy (non-hydrogen) atoms. The van der Waals surface area contributed by atoms with E-state index in [9.17, 15) is 4.79 Å². The molecule has 1 rings (SSSR count). The van der Waals surface area contributed by atoms with Crippen LogP contribution in [0.2, 0.25) is 0 Å². The van der Waals surface area contributed by atoms with Crippen molar-refractivity contribution < 1.29 is 9.53 Å². The summed E-state index contributed by atoms with van der Waals surface area (Å²) in [6.07, 6.45) is 3.91. The van der Waals surface area contributed by atoms with Crippen LogP contribution in [-0.2, 0) is 16.0 Å². The zero-order valence-corrected chi connectivity index (χ0v) is 12.9. The number of hydrogen-bond acceptors (Lipinski definition) is 3. The van der Waals surface area contributed by atoms with Gasteiger partial charge in [0.25, 0.3) is 0 Å². The van der Waals surface area contributed by atoms with Crippen LogP contribution in [0.5, 0.6) is 0 Å². The fraction of sp³-hybridized carbons (Fsp3) is 0.588. The van der Waals surface area contributed by atoms with Crippen molar-refractivity contribution in [2.24, 2.45) is 0 Å². The van der Waals surface area contributed by atoms with Crippen molar-refractivity contribution in [2.45, 2.75) is 58.5 Å². The molecule has 3 heteroatoms. The van der Waals surface area contributed by atoms with Crippen molar-refractivity contribution >= 4 is 5.97 Å². The molecule has 0 amide bonds. The molecule has 0 aliphatic rings. The van der Waals surface area contributed by atoms with E-state index in [2.05, 4.69) is 31.3 Å². The summed E-state index contributed by atoms with van der Waals surface area (Å²) in [6.45, 7) is 6.59. The molecule has 0 radical (unpaired) electrons. The summed E-state index contributed by atoms with van der Waals surface area (Å²) in [4.78, 5) is 12.1. The van der Waals surface area contributed by atoms with Gasteiger partial charge in [-0.1, -0.05) is 50.6 Å². The average Bonchev–Trinajstić information content (AvgIpc) is 2.47. The third-order valence-corrected chi connectivity index (χ3v) is 3.42. The van der Waals surface area contributed by atoms with Gasteiger partial charge in [-0.15, -0.1) is 0 Å². The van der Waals surface area contributed by atoms with Crippen LogP contribution in [0.3, 0.4) is 0 Å². The van der Waals surface area contributed by atoms with Crippen LogP contribution in [0.15, 0.2) is 30.3 Å². The second-order valence-electron chi connectivity index (χ2n) is 5.05. The first-order valence-corrected chi connectivity index (χ1v) is 7.67. The maximum absolute atomic E-state index is 12.1. The van der Waals surface area contributed by atoms with Gasteiger partial charge in [0.05, 0.1) is 6.61 Å². The molecule has 1 N–H and O–H groups in total. The molecule has 1 aromatic carbocycles. The highest BCUT2D eigenvalue weighted by Gasteiger charge is 2.22. The molecule has 0 fully saturated rings. The summed E-state index contributed by atoms with van der Waals surface area (Å²) < 4.78 is 5.20. The normalized spacial score (nSPS) is 13.8. The number of carbonyl (C=O) groups is 1. The van der Waals surface area contributed by atoms with Gasteiger partial charge in [0.1, 0.15) is 6.04 Å². The Kier molecular flexibility index (Phi) is 7.97. The molecule has 2 unspecified atom stereocenters. The maximum atomic E-state index is 12.1. The fourth-order valence-electron chi connectivity index (χ4n) is 2.34. The van der Waals surface area contributed by atoms with Crippen LogP contribution in [0.4, 0.5) is 0 Å². The molecule has 0 bridgehead atoms. The first-order valence-electron chi connectivity index (χ1n) is 7.67. The van der Waals surface area contributed by atoms with Crippen molar-refractivity contribution in [3.05, 3.63) is 35.9 Å². The standard InChI is InChI=1S/C17H27NO2/c1-4-10-15(5-2)18-16(17(19)20-6-3)13-14-11-8-7-9-12-14/h7-9,11-12,15-16,18H,4-6,10,13H2,1-3H3. The van der Waals surface area contributed by atoms with Crippen LogP contribution in [-0.4, -0.2) is 24.7 Å². The summed E-state index contributed by atoms with van der Waals surface area (Å²) >= 11 is 0. The number of rotatable bonds is 9. The predicted molar refractivity (Wildman–Crippen MR) is 82.7 cm³/mol.